The van der Waals surface area contributed by atoms with Crippen LogP contribution in [0.15, 0.2) is 23.6 Å². The minimum Gasteiger partial charge on any atom is -0.493 e. The summed E-state index contributed by atoms with van der Waals surface area (Å²) >= 11 is 1.44. The largest absolute Gasteiger partial charge is 0.493 e. The van der Waals surface area contributed by atoms with Gasteiger partial charge in [0.1, 0.15) is 0 Å². The number of fused-ring (bicyclic) bond motifs is 1. The first-order chi connectivity index (χ1) is 13.2. The number of benzene rings is 1. The highest BCUT2D eigenvalue weighted by Crippen LogP contribution is 2.35. The van der Waals surface area contributed by atoms with E-state index in [4.69, 9.17) is 9.47 Å². The number of hydrogen-bond acceptors (Lipinski definition) is 6. The van der Waals surface area contributed by atoms with Gasteiger partial charge in [0.25, 0.3) is 0 Å². The highest BCUT2D eigenvalue weighted by molar-refractivity contribution is 7.14. The van der Waals surface area contributed by atoms with Gasteiger partial charge in [0.2, 0.25) is 5.91 Å². The van der Waals surface area contributed by atoms with Crippen LogP contribution in [-0.2, 0) is 4.79 Å². The van der Waals surface area contributed by atoms with Gasteiger partial charge in [-0.1, -0.05) is 12.8 Å². The quantitative estimate of drug-likeness (QED) is 0.757. The molecule has 3 atom stereocenters. The second kappa shape index (κ2) is 9.11. The van der Waals surface area contributed by atoms with Crippen molar-refractivity contribution in [1.29, 1.82) is 0 Å². The highest BCUT2D eigenvalue weighted by Gasteiger charge is 2.38. The maximum absolute atomic E-state index is 12.6. The maximum Gasteiger partial charge on any atom is 0.243 e. The van der Waals surface area contributed by atoms with Gasteiger partial charge in [-0.05, 0) is 43.4 Å². The predicted octanol–water partition coefficient (Wildman–Crippen LogP) is 4.11. The first-order valence-electron chi connectivity index (χ1n) is 9.42. The zero-order valence-corrected chi connectivity index (χ0v) is 17.7. The number of anilines is 1. The highest BCUT2D eigenvalue weighted by atomic mass is 35.5. The molecule has 28 heavy (non-hydrogen) atoms. The molecular weight excluding hydrogens is 398 g/mol. The lowest BCUT2D eigenvalue weighted by Crippen LogP contribution is -2.39. The number of ether oxygens (including phenoxy) is 2. The van der Waals surface area contributed by atoms with Crippen molar-refractivity contribution in [1.82, 2.24) is 10.3 Å². The molecule has 152 valence electrons. The molecule has 1 aliphatic carbocycles. The van der Waals surface area contributed by atoms with Gasteiger partial charge in [-0.25, -0.2) is 4.98 Å². The van der Waals surface area contributed by atoms with Crippen LogP contribution in [-0.4, -0.2) is 37.2 Å². The van der Waals surface area contributed by atoms with Crippen molar-refractivity contribution < 1.29 is 14.3 Å². The Balaban J connectivity index is 0.00000225. The second-order valence-corrected chi connectivity index (χ2v) is 8.06. The van der Waals surface area contributed by atoms with E-state index in [1.165, 1.54) is 37.0 Å². The second-order valence-electron chi connectivity index (χ2n) is 7.20. The normalized spacial score (nSPS) is 23.4. The average Bonchev–Trinajstić information content (AvgIpc) is 3.34. The van der Waals surface area contributed by atoms with Crippen molar-refractivity contribution in [2.24, 2.45) is 5.92 Å². The van der Waals surface area contributed by atoms with Gasteiger partial charge in [0.15, 0.2) is 16.6 Å². The van der Waals surface area contributed by atoms with Crippen LogP contribution >= 0.6 is 23.7 Å². The molecule has 6 nitrogen and oxygen atoms in total. The van der Waals surface area contributed by atoms with Crippen LogP contribution in [0, 0.1) is 5.92 Å². The predicted molar refractivity (Wildman–Crippen MR) is 114 cm³/mol. The Hall–Kier alpha value is -1.83. The number of amides is 1. The van der Waals surface area contributed by atoms with E-state index in [1.54, 1.807) is 14.2 Å². The molecule has 2 N–H and O–H groups in total. The van der Waals surface area contributed by atoms with Gasteiger partial charge in [-0.15, -0.1) is 23.7 Å². The molecule has 1 saturated carbocycles. The minimum atomic E-state index is -0.105. The van der Waals surface area contributed by atoms with Crippen LogP contribution in [0.4, 0.5) is 5.13 Å². The molecule has 2 fully saturated rings. The molecule has 1 aromatic heterocycles. The first kappa shape index (κ1) is 20.9. The van der Waals surface area contributed by atoms with Crippen molar-refractivity contribution in [3.05, 3.63) is 23.6 Å². The smallest absolute Gasteiger partial charge is 0.243 e. The van der Waals surface area contributed by atoms with E-state index in [0.29, 0.717) is 28.6 Å². The van der Waals surface area contributed by atoms with Crippen molar-refractivity contribution in [2.75, 3.05) is 19.5 Å². The van der Waals surface area contributed by atoms with Crippen LogP contribution in [0.1, 0.15) is 32.1 Å². The van der Waals surface area contributed by atoms with Gasteiger partial charge in [0, 0.05) is 17.0 Å². The number of methoxy groups -OCH3 is 2. The van der Waals surface area contributed by atoms with Crippen molar-refractivity contribution >= 4 is 34.8 Å². The van der Waals surface area contributed by atoms with Crippen molar-refractivity contribution in [3.63, 3.8) is 0 Å². The Bertz CT molecular complexity index is 815. The Morgan fingerprint density at radius 2 is 2.00 bits per heavy atom. The van der Waals surface area contributed by atoms with Crippen molar-refractivity contribution in [2.45, 2.75) is 44.2 Å². The average molecular weight is 424 g/mol. The van der Waals surface area contributed by atoms with Gasteiger partial charge in [-0.2, -0.15) is 0 Å². The Kier molecular flexibility index (Phi) is 6.80. The first-order valence-corrected chi connectivity index (χ1v) is 10.3. The zero-order valence-electron chi connectivity index (χ0n) is 16.1. The summed E-state index contributed by atoms with van der Waals surface area (Å²) in [5.41, 5.74) is 1.73. The fraction of sp³-hybridized carbons (Fsp3) is 0.500. The number of thiazole rings is 1. The molecule has 1 saturated heterocycles. The molecule has 0 spiro atoms. The number of nitrogens with one attached hydrogen (secondary N) is 2. The molecule has 2 aromatic rings. The summed E-state index contributed by atoms with van der Waals surface area (Å²) in [7, 11) is 3.22. The third-order valence-corrected chi connectivity index (χ3v) is 6.35. The third-order valence-electron chi connectivity index (χ3n) is 5.59. The number of aromatic nitrogens is 1. The van der Waals surface area contributed by atoms with Crippen LogP contribution in [0.25, 0.3) is 11.3 Å². The zero-order chi connectivity index (χ0) is 18.8. The lowest BCUT2D eigenvalue weighted by Gasteiger charge is -2.24. The fourth-order valence-corrected chi connectivity index (χ4v) is 4.90. The van der Waals surface area contributed by atoms with E-state index in [9.17, 15) is 4.79 Å². The van der Waals surface area contributed by atoms with E-state index >= 15 is 0 Å². The molecule has 4 rings (SSSR count). The molecule has 2 heterocycles. The lowest BCUT2D eigenvalue weighted by atomic mass is 9.85. The van der Waals surface area contributed by atoms with E-state index < -0.39 is 0 Å². The number of carbonyl (C=O) groups excluding carboxylic acids is 1. The standard InChI is InChI=1S/C20H25N3O3S.ClH/c1-25-17-8-7-13(10-18(17)26-2)16-11-27-20(22-16)23-19(24)15-9-12-5-3-4-6-14(12)21-15;/h7-8,10-12,14-15,21H,3-6,9H2,1-2H3,(H,22,23,24);1H. The molecule has 8 heteroatoms. The topological polar surface area (TPSA) is 72.5 Å². The monoisotopic (exact) mass is 423 g/mol. The summed E-state index contributed by atoms with van der Waals surface area (Å²) < 4.78 is 10.6. The number of halogens is 1. The molecule has 0 radical (unpaired) electrons. The van der Waals surface area contributed by atoms with Crippen LogP contribution in [0.2, 0.25) is 0 Å². The maximum atomic E-state index is 12.6. The lowest BCUT2D eigenvalue weighted by molar-refractivity contribution is -0.117. The summed E-state index contributed by atoms with van der Waals surface area (Å²) in [5.74, 6) is 2.01. The summed E-state index contributed by atoms with van der Waals surface area (Å²) in [6, 6.07) is 6.09. The van der Waals surface area contributed by atoms with E-state index in [1.807, 2.05) is 23.6 Å². The molecule has 2 aliphatic rings. The molecule has 1 aromatic carbocycles. The molecule has 0 bridgehead atoms. The van der Waals surface area contributed by atoms with Crippen LogP contribution < -0.4 is 20.1 Å². The fourth-order valence-electron chi connectivity index (χ4n) is 4.17. The Morgan fingerprint density at radius 1 is 1.21 bits per heavy atom. The molecule has 3 unspecified atom stereocenters. The minimum absolute atomic E-state index is 0. The van der Waals surface area contributed by atoms with Crippen LogP contribution in [0.5, 0.6) is 11.5 Å². The summed E-state index contributed by atoms with van der Waals surface area (Å²) in [6.07, 6.45) is 5.92. The number of carbonyl (C=O) groups is 1. The summed E-state index contributed by atoms with van der Waals surface area (Å²) in [6.45, 7) is 0. The van der Waals surface area contributed by atoms with E-state index in [0.717, 1.165) is 17.7 Å². The molecular formula is C20H26ClN3O3S. The summed E-state index contributed by atoms with van der Waals surface area (Å²) in [5, 5.41) is 9.07. The third kappa shape index (κ3) is 4.26. The van der Waals surface area contributed by atoms with Gasteiger partial charge < -0.3 is 20.1 Å². The number of hydrogen-bond donors (Lipinski definition) is 2. The molecule has 1 amide bonds. The summed E-state index contributed by atoms with van der Waals surface area (Å²) in [4.78, 5) is 17.2. The SMILES string of the molecule is COc1ccc(-c2csc(NC(=O)C3CC4CCCCC4N3)n2)cc1OC.Cl. The van der Waals surface area contributed by atoms with Gasteiger partial charge >= 0.3 is 0 Å². The number of rotatable bonds is 5. The Labute approximate surface area is 175 Å². The van der Waals surface area contributed by atoms with E-state index in [2.05, 4.69) is 15.6 Å². The number of nitrogens with zero attached hydrogens (tertiary/aromatic N) is 1. The van der Waals surface area contributed by atoms with Crippen molar-refractivity contribution in [3.8, 4) is 22.8 Å². The molecule has 1 aliphatic heterocycles. The van der Waals surface area contributed by atoms with Crippen LogP contribution in [0.3, 0.4) is 0 Å². The van der Waals surface area contributed by atoms with E-state index in [-0.39, 0.29) is 24.4 Å². The Morgan fingerprint density at radius 3 is 2.75 bits per heavy atom. The van der Waals surface area contributed by atoms with Gasteiger partial charge in [-0.3, -0.25) is 4.79 Å². The van der Waals surface area contributed by atoms with Gasteiger partial charge in [0.05, 0.1) is 26.0 Å².